The molecule has 2 amide bonds. The maximum atomic E-state index is 13.0. The highest BCUT2D eigenvalue weighted by Crippen LogP contribution is 2.41. The number of halogens is 1. The fourth-order valence-corrected chi connectivity index (χ4v) is 5.07. The zero-order valence-corrected chi connectivity index (χ0v) is 18.4. The number of ether oxygens (including phenoxy) is 1. The summed E-state index contributed by atoms with van der Waals surface area (Å²) in [5.41, 5.74) is 1.64. The predicted octanol–water partition coefficient (Wildman–Crippen LogP) is 3.97. The molecule has 2 aliphatic heterocycles. The number of hydrogen-bond donors (Lipinski definition) is 0. The number of likely N-dealkylation sites (tertiary alicyclic amines) is 2. The Labute approximate surface area is 185 Å². The molecule has 2 saturated heterocycles. The number of piperidine rings is 1. The van der Waals surface area contributed by atoms with Crippen LogP contribution in [0.4, 0.5) is 0 Å². The number of aromatic nitrogens is 1. The first-order chi connectivity index (χ1) is 14.5. The van der Waals surface area contributed by atoms with Crippen LogP contribution >= 0.6 is 22.9 Å². The van der Waals surface area contributed by atoms with E-state index in [2.05, 4.69) is 4.98 Å². The van der Waals surface area contributed by atoms with Gasteiger partial charge in [0.15, 0.2) is 0 Å². The van der Waals surface area contributed by atoms with Crippen LogP contribution in [-0.4, -0.2) is 59.9 Å². The molecule has 1 spiro atoms. The van der Waals surface area contributed by atoms with Crippen molar-refractivity contribution in [1.29, 1.82) is 0 Å². The highest BCUT2D eigenvalue weighted by atomic mass is 35.5. The topological polar surface area (TPSA) is 62.7 Å². The average molecular weight is 446 g/mol. The molecule has 0 unspecified atom stereocenters. The summed E-state index contributed by atoms with van der Waals surface area (Å²) >= 11 is 7.64. The zero-order chi connectivity index (χ0) is 21.1. The van der Waals surface area contributed by atoms with Gasteiger partial charge in [0.1, 0.15) is 5.15 Å². The normalized spacial score (nSPS) is 18.3. The Morgan fingerprint density at radius 3 is 2.60 bits per heavy atom. The summed E-state index contributed by atoms with van der Waals surface area (Å²) in [4.78, 5) is 33.3. The molecule has 0 radical (unpaired) electrons. The van der Waals surface area contributed by atoms with Gasteiger partial charge in [0.2, 0.25) is 11.8 Å². The van der Waals surface area contributed by atoms with E-state index in [0.29, 0.717) is 24.5 Å². The number of carbonyl (C=O) groups excluding carboxylic acids is 2. The SMILES string of the molecule is COc1cc(C(=O)N2CCC3(CCN(C(=O)C=Cc4ccsc4)CC3)C2)cc(Cl)n1. The number of thiophene rings is 1. The number of rotatable bonds is 4. The molecular formula is C22H24ClN3O3S. The lowest BCUT2D eigenvalue weighted by Crippen LogP contribution is -2.44. The van der Waals surface area contributed by atoms with E-state index in [-0.39, 0.29) is 22.4 Å². The van der Waals surface area contributed by atoms with Crippen molar-refractivity contribution in [2.75, 3.05) is 33.3 Å². The fraction of sp³-hybridized carbons (Fsp3) is 0.409. The highest BCUT2D eigenvalue weighted by molar-refractivity contribution is 7.08. The lowest BCUT2D eigenvalue weighted by Gasteiger charge is -2.39. The van der Waals surface area contributed by atoms with Gasteiger partial charge in [-0.15, -0.1) is 0 Å². The highest BCUT2D eigenvalue weighted by Gasteiger charge is 2.42. The first-order valence-corrected chi connectivity index (χ1v) is 11.3. The second kappa shape index (κ2) is 8.78. The van der Waals surface area contributed by atoms with Gasteiger partial charge in [-0.05, 0) is 59.2 Å². The largest absolute Gasteiger partial charge is 0.481 e. The molecule has 30 heavy (non-hydrogen) atoms. The Bertz CT molecular complexity index is 953. The molecule has 4 rings (SSSR count). The van der Waals surface area contributed by atoms with E-state index >= 15 is 0 Å². The molecule has 0 atom stereocenters. The van der Waals surface area contributed by atoms with E-state index in [9.17, 15) is 9.59 Å². The third-order valence-electron chi connectivity index (χ3n) is 6.05. The minimum atomic E-state index is -0.0494. The Morgan fingerprint density at radius 1 is 1.20 bits per heavy atom. The van der Waals surface area contributed by atoms with Crippen molar-refractivity contribution in [2.45, 2.75) is 19.3 Å². The summed E-state index contributed by atoms with van der Waals surface area (Å²) in [6, 6.07) is 5.20. The molecule has 0 bridgehead atoms. The fourth-order valence-electron chi connectivity index (χ4n) is 4.24. The van der Waals surface area contributed by atoms with E-state index in [4.69, 9.17) is 16.3 Å². The van der Waals surface area contributed by atoms with Gasteiger partial charge in [-0.2, -0.15) is 11.3 Å². The molecule has 2 aromatic rings. The Morgan fingerprint density at radius 2 is 1.93 bits per heavy atom. The molecule has 2 aliphatic rings. The summed E-state index contributed by atoms with van der Waals surface area (Å²) in [5.74, 6) is 0.342. The van der Waals surface area contributed by atoms with Crippen LogP contribution < -0.4 is 4.74 Å². The predicted molar refractivity (Wildman–Crippen MR) is 118 cm³/mol. The minimum Gasteiger partial charge on any atom is -0.481 e. The number of pyridine rings is 1. The van der Waals surface area contributed by atoms with Gasteiger partial charge in [0.05, 0.1) is 7.11 Å². The Kier molecular flexibility index (Phi) is 6.11. The van der Waals surface area contributed by atoms with E-state index < -0.39 is 0 Å². The van der Waals surface area contributed by atoms with Crippen molar-refractivity contribution in [1.82, 2.24) is 14.8 Å². The third kappa shape index (κ3) is 4.52. The van der Waals surface area contributed by atoms with Crippen LogP contribution in [0.5, 0.6) is 5.88 Å². The summed E-state index contributed by atoms with van der Waals surface area (Å²) in [6.45, 7) is 2.88. The molecule has 8 heteroatoms. The lowest BCUT2D eigenvalue weighted by molar-refractivity contribution is -0.128. The van der Waals surface area contributed by atoms with Gasteiger partial charge in [-0.3, -0.25) is 9.59 Å². The van der Waals surface area contributed by atoms with Crippen LogP contribution in [-0.2, 0) is 4.79 Å². The number of amides is 2. The van der Waals surface area contributed by atoms with Gasteiger partial charge in [-0.25, -0.2) is 4.98 Å². The average Bonchev–Trinajstić information content (AvgIpc) is 3.42. The maximum absolute atomic E-state index is 13.0. The molecule has 6 nitrogen and oxygen atoms in total. The van der Waals surface area contributed by atoms with Crippen molar-refractivity contribution >= 4 is 40.8 Å². The van der Waals surface area contributed by atoms with Crippen LogP contribution in [0.3, 0.4) is 0 Å². The summed E-state index contributed by atoms with van der Waals surface area (Å²) < 4.78 is 5.13. The van der Waals surface area contributed by atoms with Gasteiger partial charge in [0, 0.05) is 43.9 Å². The van der Waals surface area contributed by atoms with Gasteiger partial charge in [0.25, 0.3) is 5.91 Å². The van der Waals surface area contributed by atoms with Crippen molar-refractivity contribution in [3.63, 3.8) is 0 Å². The number of methoxy groups -OCH3 is 1. The number of nitrogens with zero attached hydrogens (tertiary/aromatic N) is 3. The Balaban J connectivity index is 1.35. The first kappa shape index (κ1) is 20.9. The van der Waals surface area contributed by atoms with Gasteiger partial charge in [-0.1, -0.05) is 11.6 Å². The molecule has 158 valence electrons. The minimum absolute atomic E-state index is 0.0494. The van der Waals surface area contributed by atoms with Crippen molar-refractivity contribution < 1.29 is 14.3 Å². The molecule has 2 aromatic heterocycles. The number of hydrogen-bond acceptors (Lipinski definition) is 5. The van der Waals surface area contributed by atoms with E-state index in [1.807, 2.05) is 32.7 Å². The monoisotopic (exact) mass is 445 g/mol. The second-order valence-electron chi connectivity index (χ2n) is 7.91. The molecule has 0 aliphatic carbocycles. The molecular weight excluding hydrogens is 422 g/mol. The zero-order valence-electron chi connectivity index (χ0n) is 16.8. The second-order valence-corrected chi connectivity index (χ2v) is 9.08. The molecule has 0 aromatic carbocycles. The van der Waals surface area contributed by atoms with Crippen LogP contribution in [0.1, 0.15) is 35.2 Å². The van der Waals surface area contributed by atoms with E-state index in [1.54, 1.807) is 29.5 Å². The maximum Gasteiger partial charge on any atom is 0.254 e. The summed E-state index contributed by atoms with van der Waals surface area (Å²) in [6.07, 6.45) is 6.31. The third-order valence-corrected chi connectivity index (χ3v) is 6.94. The molecule has 0 saturated carbocycles. The van der Waals surface area contributed by atoms with Crippen molar-refractivity contribution in [3.8, 4) is 5.88 Å². The summed E-state index contributed by atoms with van der Waals surface area (Å²) in [5, 5.41) is 4.26. The van der Waals surface area contributed by atoms with Crippen LogP contribution in [0.15, 0.2) is 35.0 Å². The first-order valence-electron chi connectivity index (χ1n) is 9.98. The Hall–Kier alpha value is -2.38. The lowest BCUT2D eigenvalue weighted by atomic mass is 9.78. The number of carbonyl (C=O) groups is 2. The molecule has 4 heterocycles. The van der Waals surface area contributed by atoms with Crippen molar-refractivity contribution in [3.05, 3.63) is 51.3 Å². The van der Waals surface area contributed by atoms with Crippen molar-refractivity contribution in [2.24, 2.45) is 5.41 Å². The van der Waals surface area contributed by atoms with E-state index in [0.717, 1.165) is 37.9 Å². The van der Waals surface area contributed by atoms with Crippen LogP contribution in [0.25, 0.3) is 6.08 Å². The van der Waals surface area contributed by atoms with Crippen LogP contribution in [0.2, 0.25) is 5.15 Å². The van der Waals surface area contributed by atoms with E-state index in [1.165, 1.54) is 7.11 Å². The summed E-state index contributed by atoms with van der Waals surface area (Å²) in [7, 11) is 1.50. The standard InChI is InChI=1S/C22H24ClN3O3S/c1-29-19-13-17(12-18(23)24-19)21(28)26-10-7-22(15-26)5-8-25(9-6-22)20(27)3-2-16-4-11-30-14-16/h2-4,11-14H,5-10,15H2,1H3. The molecule has 0 N–H and O–H groups in total. The quantitative estimate of drug-likeness (QED) is 0.527. The van der Waals surface area contributed by atoms with Crippen LogP contribution in [0, 0.1) is 5.41 Å². The smallest absolute Gasteiger partial charge is 0.254 e. The van der Waals surface area contributed by atoms with Gasteiger partial charge < -0.3 is 14.5 Å². The van der Waals surface area contributed by atoms with Gasteiger partial charge >= 0.3 is 0 Å². The molecule has 2 fully saturated rings.